The summed E-state index contributed by atoms with van der Waals surface area (Å²) in [4.78, 5) is 29.6. The number of hydrogen-bond donors (Lipinski definition) is 2. The highest BCUT2D eigenvalue weighted by Gasteiger charge is 2.21. The number of allylic oxidation sites excluding steroid dienone is 1. The van der Waals surface area contributed by atoms with Gasteiger partial charge in [0.2, 0.25) is 11.3 Å². The van der Waals surface area contributed by atoms with Crippen LogP contribution in [0.25, 0.3) is 27.0 Å². The Morgan fingerprint density at radius 2 is 1.86 bits per heavy atom. The summed E-state index contributed by atoms with van der Waals surface area (Å²) in [7, 11) is 2.10. The third-order valence-electron chi connectivity index (χ3n) is 6.74. The van der Waals surface area contributed by atoms with E-state index in [-0.39, 0.29) is 5.43 Å². The predicted octanol–water partition coefficient (Wildman–Crippen LogP) is 4.80. The Kier molecular flexibility index (Phi) is 6.86. The monoisotopic (exact) mass is 514 g/mol. The summed E-state index contributed by atoms with van der Waals surface area (Å²) in [5, 5.41) is 1.98. The molecule has 0 unspecified atom stereocenters. The van der Waals surface area contributed by atoms with E-state index in [1.807, 2.05) is 36.6 Å². The normalized spacial score (nSPS) is 14.9. The standard InChI is InChI=1S/C29H30N4O3S/c1-3-5-21(22-9-8-20(30)15-23(22)29(31)35)18-6-4-7-19(14-18)24-17-37-28-25(34)16-26(36-27(24)28)33-12-10-32(2)11-13-33/h4-9,14-17H,3,10-13,30H2,1-2H3,(H2,31,35)/b21-5+. The van der Waals surface area contributed by atoms with Crippen LogP contribution >= 0.6 is 11.3 Å². The van der Waals surface area contributed by atoms with Gasteiger partial charge in [-0.2, -0.15) is 0 Å². The van der Waals surface area contributed by atoms with Crippen LogP contribution in [0.4, 0.5) is 11.6 Å². The zero-order valence-corrected chi connectivity index (χ0v) is 21.8. The molecule has 3 heterocycles. The molecule has 0 saturated carbocycles. The molecule has 0 radical (unpaired) electrons. The average Bonchev–Trinajstić information content (AvgIpc) is 3.33. The van der Waals surface area contributed by atoms with Crippen LogP contribution in [-0.2, 0) is 0 Å². The molecular weight excluding hydrogens is 484 g/mol. The zero-order chi connectivity index (χ0) is 26.1. The molecular formula is C29H30N4O3S. The molecule has 1 aliphatic rings. The van der Waals surface area contributed by atoms with Gasteiger partial charge in [0.15, 0.2) is 11.5 Å². The Morgan fingerprint density at radius 1 is 1.08 bits per heavy atom. The molecule has 190 valence electrons. The van der Waals surface area contributed by atoms with E-state index in [1.54, 1.807) is 18.2 Å². The van der Waals surface area contributed by atoms with E-state index in [1.165, 1.54) is 11.3 Å². The van der Waals surface area contributed by atoms with Gasteiger partial charge in [-0.3, -0.25) is 9.59 Å². The number of carbonyl (C=O) groups excluding carboxylic acids is 1. The van der Waals surface area contributed by atoms with E-state index in [2.05, 4.69) is 29.0 Å². The second-order valence-electron chi connectivity index (χ2n) is 9.32. The van der Waals surface area contributed by atoms with Gasteiger partial charge >= 0.3 is 0 Å². The molecule has 2 aromatic carbocycles. The maximum atomic E-state index is 13.0. The lowest BCUT2D eigenvalue weighted by Crippen LogP contribution is -2.44. The maximum Gasteiger partial charge on any atom is 0.249 e. The Hall–Kier alpha value is -3.88. The predicted molar refractivity (Wildman–Crippen MR) is 152 cm³/mol. The first-order valence-corrected chi connectivity index (χ1v) is 13.2. The van der Waals surface area contributed by atoms with Gasteiger partial charge < -0.3 is 25.7 Å². The Balaban J connectivity index is 1.59. The number of nitrogens with two attached hydrogens (primary N) is 2. The number of likely N-dealkylation sites (N-methyl/N-ethyl adjacent to an activating group) is 1. The minimum atomic E-state index is -0.525. The highest BCUT2D eigenvalue weighted by Crippen LogP contribution is 2.37. The molecule has 4 aromatic rings. The second-order valence-corrected chi connectivity index (χ2v) is 10.2. The molecule has 0 atom stereocenters. The highest BCUT2D eigenvalue weighted by molar-refractivity contribution is 7.17. The van der Waals surface area contributed by atoms with Crippen molar-refractivity contribution in [3.63, 3.8) is 0 Å². The number of anilines is 2. The number of amides is 1. The fourth-order valence-corrected chi connectivity index (χ4v) is 5.67. The smallest absolute Gasteiger partial charge is 0.249 e. The van der Waals surface area contributed by atoms with E-state index in [0.29, 0.717) is 27.4 Å². The molecule has 5 rings (SSSR count). The summed E-state index contributed by atoms with van der Waals surface area (Å²) in [5.74, 6) is 0.0865. The molecule has 1 aliphatic heterocycles. The molecule has 37 heavy (non-hydrogen) atoms. The molecule has 1 saturated heterocycles. The fourth-order valence-electron chi connectivity index (χ4n) is 4.75. The number of primary amides is 1. The van der Waals surface area contributed by atoms with Crippen LogP contribution in [0.5, 0.6) is 0 Å². The van der Waals surface area contributed by atoms with Gasteiger partial charge in [-0.05, 0) is 53.9 Å². The molecule has 1 amide bonds. The number of thiophene rings is 1. The van der Waals surface area contributed by atoms with Crippen LogP contribution in [0, 0.1) is 0 Å². The van der Waals surface area contributed by atoms with Crippen molar-refractivity contribution >= 4 is 44.7 Å². The number of fused-ring (bicyclic) bond motifs is 1. The summed E-state index contributed by atoms with van der Waals surface area (Å²) >= 11 is 1.40. The molecule has 7 nitrogen and oxygen atoms in total. The van der Waals surface area contributed by atoms with Gasteiger partial charge in [0.25, 0.3) is 0 Å². The summed E-state index contributed by atoms with van der Waals surface area (Å²) in [6, 6.07) is 14.9. The molecule has 2 aromatic heterocycles. The third-order valence-corrected chi connectivity index (χ3v) is 7.71. The van der Waals surface area contributed by atoms with Crippen LogP contribution in [0.3, 0.4) is 0 Å². The Labute approximate surface area is 219 Å². The van der Waals surface area contributed by atoms with Gasteiger partial charge in [0.05, 0.1) is 0 Å². The van der Waals surface area contributed by atoms with Crippen LogP contribution in [-0.4, -0.2) is 44.0 Å². The maximum absolute atomic E-state index is 13.0. The van der Waals surface area contributed by atoms with Gasteiger partial charge in [-0.1, -0.05) is 37.3 Å². The second kappa shape index (κ2) is 10.2. The number of nitrogens with zero attached hydrogens (tertiary/aromatic N) is 2. The number of carbonyl (C=O) groups is 1. The van der Waals surface area contributed by atoms with E-state index in [4.69, 9.17) is 15.9 Å². The van der Waals surface area contributed by atoms with Crippen molar-refractivity contribution in [3.8, 4) is 11.1 Å². The summed E-state index contributed by atoms with van der Waals surface area (Å²) in [6.07, 6.45) is 2.85. The molecule has 0 aliphatic carbocycles. The summed E-state index contributed by atoms with van der Waals surface area (Å²) in [6.45, 7) is 5.52. The number of rotatable bonds is 6. The summed E-state index contributed by atoms with van der Waals surface area (Å²) < 4.78 is 6.98. The average molecular weight is 515 g/mol. The third kappa shape index (κ3) is 4.90. The first-order chi connectivity index (χ1) is 17.9. The lowest BCUT2D eigenvalue weighted by molar-refractivity contribution is 0.1000. The number of piperazine rings is 1. The first-order valence-electron chi connectivity index (χ1n) is 12.3. The van der Waals surface area contributed by atoms with Crippen molar-refractivity contribution in [1.82, 2.24) is 4.90 Å². The molecule has 4 N–H and O–H groups in total. The van der Waals surface area contributed by atoms with Crippen LogP contribution in [0.1, 0.15) is 34.8 Å². The van der Waals surface area contributed by atoms with Gasteiger partial charge in [0, 0.05) is 54.4 Å². The minimum absolute atomic E-state index is 0.0258. The highest BCUT2D eigenvalue weighted by atomic mass is 32.1. The van der Waals surface area contributed by atoms with Crippen molar-refractivity contribution in [3.05, 3.63) is 86.9 Å². The topological polar surface area (TPSA) is 106 Å². The first kappa shape index (κ1) is 24.8. The molecule has 0 spiro atoms. The van der Waals surface area contributed by atoms with Crippen LogP contribution in [0.15, 0.2) is 69.2 Å². The summed E-state index contributed by atoms with van der Waals surface area (Å²) in [5.41, 5.74) is 17.5. The van der Waals surface area contributed by atoms with E-state index in [9.17, 15) is 9.59 Å². The Morgan fingerprint density at radius 3 is 2.59 bits per heavy atom. The zero-order valence-electron chi connectivity index (χ0n) is 21.0. The Bertz CT molecular complexity index is 1560. The van der Waals surface area contributed by atoms with E-state index < -0.39 is 5.91 Å². The van der Waals surface area contributed by atoms with Gasteiger partial charge in [-0.15, -0.1) is 11.3 Å². The number of hydrogen-bond acceptors (Lipinski definition) is 7. The van der Waals surface area contributed by atoms with Gasteiger partial charge in [0.1, 0.15) is 4.70 Å². The fraction of sp³-hybridized carbons (Fsp3) is 0.241. The molecule has 8 heteroatoms. The van der Waals surface area contributed by atoms with E-state index >= 15 is 0 Å². The quantitative estimate of drug-likeness (QED) is 0.358. The van der Waals surface area contributed by atoms with Crippen molar-refractivity contribution in [2.45, 2.75) is 13.3 Å². The van der Waals surface area contributed by atoms with Crippen molar-refractivity contribution in [2.75, 3.05) is 43.9 Å². The largest absolute Gasteiger partial charge is 0.439 e. The van der Waals surface area contributed by atoms with Crippen molar-refractivity contribution < 1.29 is 9.21 Å². The number of nitrogen functional groups attached to an aromatic ring is 1. The van der Waals surface area contributed by atoms with Crippen molar-refractivity contribution in [2.24, 2.45) is 5.73 Å². The lowest BCUT2D eigenvalue weighted by Gasteiger charge is -2.32. The van der Waals surface area contributed by atoms with Crippen LogP contribution in [0.2, 0.25) is 0 Å². The van der Waals surface area contributed by atoms with Gasteiger partial charge in [-0.25, -0.2) is 0 Å². The number of benzene rings is 2. The van der Waals surface area contributed by atoms with Crippen molar-refractivity contribution in [1.29, 1.82) is 0 Å². The molecule has 1 fully saturated rings. The lowest BCUT2D eigenvalue weighted by atomic mass is 9.91. The van der Waals surface area contributed by atoms with E-state index in [0.717, 1.165) is 60.4 Å². The molecule has 0 bridgehead atoms. The minimum Gasteiger partial charge on any atom is -0.439 e. The SMILES string of the molecule is CC/C=C(\c1cccc(-c2csc3c(=O)cc(N4CCN(C)CC4)oc23)c1)c1ccc(N)cc1C(N)=O. The van der Waals surface area contributed by atoms with Crippen LogP contribution < -0.4 is 21.8 Å².